The van der Waals surface area contributed by atoms with Crippen molar-refractivity contribution in [2.75, 3.05) is 32.7 Å². The lowest BCUT2D eigenvalue weighted by Gasteiger charge is -2.17. The maximum Gasteiger partial charge on any atom is 0.0206 e. The molecule has 1 fully saturated rings. The van der Waals surface area contributed by atoms with E-state index in [0.717, 1.165) is 26.1 Å². The maximum absolute atomic E-state index is 6.12. The van der Waals surface area contributed by atoms with Gasteiger partial charge in [0.2, 0.25) is 0 Å². The van der Waals surface area contributed by atoms with E-state index >= 15 is 0 Å². The number of benzene rings is 1. The molecule has 0 saturated carbocycles. The fraction of sp³-hybridized carbons (Fsp3) is 0.600. The lowest BCUT2D eigenvalue weighted by Crippen LogP contribution is -2.39. The van der Waals surface area contributed by atoms with Crippen molar-refractivity contribution in [1.29, 1.82) is 0 Å². The second-order valence-electron chi connectivity index (χ2n) is 5.20. The zero-order valence-corrected chi connectivity index (χ0v) is 11.1. The molecule has 1 aliphatic heterocycles. The molecule has 0 radical (unpaired) electrons. The zero-order valence-electron chi connectivity index (χ0n) is 11.1. The van der Waals surface area contributed by atoms with Gasteiger partial charge in [-0.2, -0.15) is 0 Å². The van der Waals surface area contributed by atoms with Crippen molar-refractivity contribution in [3.05, 3.63) is 35.9 Å². The summed E-state index contributed by atoms with van der Waals surface area (Å²) in [6.45, 7) is 5.68. The van der Waals surface area contributed by atoms with Gasteiger partial charge in [-0.15, -0.1) is 0 Å². The summed E-state index contributed by atoms with van der Waals surface area (Å²) >= 11 is 0. The van der Waals surface area contributed by atoms with Crippen molar-refractivity contribution in [2.24, 2.45) is 5.73 Å². The number of likely N-dealkylation sites (tertiary alicyclic amines) is 1. The highest BCUT2D eigenvalue weighted by Gasteiger charge is 2.10. The first kappa shape index (κ1) is 13.5. The molecule has 0 unspecified atom stereocenters. The Morgan fingerprint density at radius 1 is 1.17 bits per heavy atom. The predicted molar refractivity (Wildman–Crippen MR) is 76.7 cm³/mol. The van der Waals surface area contributed by atoms with Crippen molar-refractivity contribution in [3.63, 3.8) is 0 Å². The van der Waals surface area contributed by atoms with Crippen LogP contribution in [-0.4, -0.2) is 43.7 Å². The van der Waals surface area contributed by atoms with Gasteiger partial charge in [-0.05, 0) is 37.9 Å². The molecule has 1 heterocycles. The molecular formula is C15H25N3. The van der Waals surface area contributed by atoms with E-state index in [1.54, 1.807) is 0 Å². The SMILES string of the molecule is N[C@H](CNCCN1CCCC1)Cc1ccccc1. The molecule has 1 aromatic carbocycles. The van der Waals surface area contributed by atoms with E-state index in [1.165, 1.54) is 31.5 Å². The second kappa shape index (κ2) is 7.52. The molecule has 1 saturated heterocycles. The highest BCUT2D eigenvalue weighted by atomic mass is 15.1. The van der Waals surface area contributed by atoms with Gasteiger partial charge in [0.05, 0.1) is 0 Å². The van der Waals surface area contributed by atoms with Gasteiger partial charge >= 0.3 is 0 Å². The molecule has 0 aliphatic carbocycles. The van der Waals surface area contributed by atoms with Crippen LogP contribution in [0.5, 0.6) is 0 Å². The van der Waals surface area contributed by atoms with Gasteiger partial charge < -0.3 is 16.0 Å². The lowest BCUT2D eigenvalue weighted by molar-refractivity contribution is 0.334. The number of rotatable bonds is 7. The fourth-order valence-electron chi connectivity index (χ4n) is 2.52. The molecule has 1 aliphatic rings. The number of nitrogens with zero attached hydrogens (tertiary/aromatic N) is 1. The van der Waals surface area contributed by atoms with Crippen molar-refractivity contribution in [2.45, 2.75) is 25.3 Å². The minimum atomic E-state index is 0.214. The minimum Gasteiger partial charge on any atom is -0.326 e. The van der Waals surface area contributed by atoms with Gasteiger partial charge in [-0.25, -0.2) is 0 Å². The molecule has 0 bridgehead atoms. The molecule has 100 valence electrons. The summed E-state index contributed by atoms with van der Waals surface area (Å²) in [4.78, 5) is 2.52. The third-order valence-electron chi connectivity index (χ3n) is 3.55. The molecule has 3 nitrogen and oxygen atoms in total. The molecule has 1 aromatic rings. The smallest absolute Gasteiger partial charge is 0.0206 e. The molecule has 0 spiro atoms. The number of hydrogen-bond acceptors (Lipinski definition) is 3. The number of nitrogens with two attached hydrogens (primary N) is 1. The first-order valence-electron chi connectivity index (χ1n) is 7.07. The summed E-state index contributed by atoms with van der Waals surface area (Å²) in [6, 6.07) is 10.7. The number of nitrogens with one attached hydrogen (secondary N) is 1. The van der Waals surface area contributed by atoms with Gasteiger partial charge in [0.25, 0.3) is 0 Å². The molecule has 2 rings (SSSR count). The van der Waals surface area contributed by atoms with Crippen molar-refractivity contribution in [3.8, 4) is 0 Å². The maximum atomic E-state index is 6.12. The Balaban J connectivity index is 1.55. The summed E-state index contributed by atoms with van der Waals surface area (Å²) < 4.78 is 0. The van der Waals surface area contributed by atoms with E-state index in [1.807, 2.05) is 6.07 Å². The fourth-order valence-corrected chi connectivity index (χ4v) is 2.52. The normalized spacial score (nSPS) is 18.1. The van der Waals surface area contributed by atoms with Crippen LogP contribution in [-0.2, 0) is 6.42 Å². The van der Waals surface area contributed by atoms with Gasteiger partial charge in [0, 0.05) is 25.7 Å². The van der Waals surface area contributed by atoms with E-state index in [9.17, 15) is 0 Å². The predicted octanol–water partition coefficient (Wildman–Crippen LogP) is 1.24. The van der Waals surface area contributed by atoms with Crippen LogP contribution in [0.1, 0.15) is 18.4 Å². The van der Waals surface area contributed by atoms with E-state index in [-0.39, 0.29) is 6.04 Å². The first-order valence-corrected chi connectivity index (χ1v) is 7.07. The van der Waals surface area contributed by atoms with Gasteiger partial charge in [0.15, 0.2) is 0 Å². The zero-order chi connectivity index (χ0) is 12.6. The van der Waals surface area contributed by atoms with Gasteiger partial charge in [0.1, 0.15) is 0 Å². The minimum absolute atomic E-state index is 0.214. The summed E-state index contributed by atoms with van der Waals surface area (Å²) in [6.07, 6.45) is 3.69. The van der Waals surface area contributed by atoms with Crippen LogP contribution in [0.4, 0.5) is 0 Å². The average molecular weight is 247 g/mol. The van der Waals surface area contributed by atoms with Crippen LogP contribution in [0.15, 0.2) is 30.3 Å². The average Bonchev–Trinajstić information content (AvgIpc) is 2.89. The van der Waals surface area contributed by atoms with E-state index < -0.39 is 0 Å². The van der Waals surface area contributed by atoms with E-state index in [4.69, 9.17) is 5.73 Å². The lowest BCUT2D eigenvalue weighted by atomic mass is 10.1. The molecule has 3 N–H and O–H groups in total. The summed E-state index contributed by atoms with van der Waals surface area (Å²) in [5.74, 6) is 0. The Kier molecular flexibility index (Phi) is 5.65. The van der Waals surface area contributed by atoms with Gasteiger partial charge in [-0.3, -0.25) is 0 Å². The van der Waals surface area contributed by atoms with Crippen LogP contribution in [0.3, 0.4) is 0 Å². The first-order chi connectivity index (χ1) is 8.84. The van der Waals surface area contributed by atoms with Crippen LogP contribution < -0.4 is 11.1 Å². The van der Waals surface area contributed by atoms with Crippen LogP contribution >= 0.6 is 0 Å². The second-order valence-corrected chi connectivity index (χ2v) is 5.20. The largest absolute Gasteiger partial charge is 0.326 e. The van der Waals surface area contributed by atoms with Crippen LogP contribution in [0.25, 0.3) is 0 Å². The molecule has 1 atom stereocenters. The monoisotopic (exact) mass is 247 g/mol. The topological polar surface area (TPSA) is 41.3 Å². The van der Waals surface area contributed by atoms with E-state index in [0.29, 0.717) is 0 Å². The Morgan fingerprint density at radius 3 is 2.61 bits per heavy atom. The molecule has 3 heteroatoms. The van der Waals surface area contributed by atoms with Gasteiger partial charge in [-0.1, -0.05) is 30.3 Å². The Bertz CT molecular complexity index is 320. The number of hydrogen-bond donors (Lipinski definition) is 2. The van der Waals surface area contributed by atoms with Crippen molar-refractivity contribution in [1.82, 2.24) is 10.2 Å². The van der Waals surface area contributed by atoms with Crippen LogP contribution in [0.2, 0.25) is 0 Å². The Morgan fingerprint density at radius 2 is 1.89 bits per heavy atom. The third-order valence-corrected chi connectivity index (χ3v) is 3.55. The molecule has 0 amide bonds. The summed E-state index contributed by atoms with van der Waals surface area (Å²) in [5.41, 5.74) is 7.45. The standard InChI is InChI=1S/C15H25N3/c16-15(12-14-6-2-1-3-7-14)13-17-8-11-18-9-4-5-10-18/h1-3,6-7,15,17H,4-5,8-13,16H2/t15-/m0/s1. The van der Waals surface area contributed by atoms with Crippen molar-refractivity contribution >= 4 is 0 Å². The summed E-state index contributed by atoms with van der Waals surface area (Å²) in [5, 5.41) is 3.47. The van der Waals surface area contributed by atoms with Crippen LogP contribution in [0, 0.1) is 0 Å². The quantitative estimate of drug-likeness (QED) is 0.712. The highest BCUT2D eigenvalue weighted by molar-refractivity contribution is 5.15. The molecule has 18 heavy (non-hydrogen) atoms. The Labute approximate surface area is 110 Å². The van der Waals surface area contributed by atoms with Crippen molar-refractivity contribution < 1.29 is 0 Å². The van der Waals surface area contributed by atoms with E-state index in [2.05, 4.69) is 34.5 Å². The molecular weight excluding hydrogens is 222 g/mol. The highest BCUT2D eigenvalue weighted by Crippen LogP contribution is 2.05. The Hall–Kier alpha value is -0.900. The third kappa shape index (κ3) is 4.77. The summed E-state index contributed by atoms with van der Waals surface area (Å²) in [7, 11) is 0. The molecule has 0 aromatic heterocycles.